The van der Waals surface area contributed by atoms with E-state index in [0.717, 1.165) is 0 Å². The van der Waals surface area contributed by atoms with E-state index in [-0.39, 0.29) is 22.5 Å². The zero-order valence-electron chi connectivity index (χ0n) is 13.8. The van der Waals surface area contributed by atoms with E-state index in [0.29, 0.717) is 36.5 Å². The number of hydrogen-bond donors (Lipinski definition) is 1. The minimum absolute atomic E-state index is 0.0776. The summed E-state index contributed by atoms with van der Waals surface area (Å²) in [6.45, 7) is 0.972. The van der Waals surface area contributed by atoms with Gasteiger partial charge in [-0.2, -0.15) is 0 Å². The van der Waals surface area contributed by atoms with Crippen molar-refractivity contribution >= 4 is 35.0 Å². The lowest BCUT2D eigenvalue weighted by Gasteiger charge is -2.32. The molecule has 0 spiro atoms. The number of halogens is 3. The Kier molecular flexibility index (Phi) is 5.79. The number of rotatable bonds is 3. The van der Waals surface area contributed by atoms with Crippen LogP contribution in [-0.2, 0) is 0 Å². The fourth-order valence-corrected chi connectivity index (χ4v) is 3.47. The van der Waals surface area contributed by atoms with Crippen LogP contribution in [-0.4, -0.2) is 35.8 Å². The molecule has 0 aliphatic carbocycles. The molecular weight excluding hydrogens is 378 g/mol. The van der Waals surface area contributed by atoms with Gasteiger partial charge in [-0.1, -0.05) is 41.4 Å². The Bertz CT molecular complexity index is 816. The minimum atomic E-state index is -0.652. The van der Waals surface area contributed by atoms with Crippen molar-refractivity contribution in [3.05, 3.63) is 69.5 Å². The maximum absolute atomic E-state index is 13.8. The number of carbonyl (C=O) groups is 2. The average Bonchev–Trinajstić information content (AvgIpc) is 2.62. The van der Waals surface area contributed by atoms with E-state index >= 15 is 0 Å². The SMILES string of the molecule is O=C(NC1CCN(C(=O)c2ccccc2Cl)CC1)c1c(F)cccc1Cl. The zero-order chi connectivity index (χ0) is 18.7. The molecule has 1 aliphatic heterocycles. The average molecular weight is 395 g/mol. The summed E-state index contributed by atoms with van der Waals surface area (Å²) in [5.74, 6) is -1.32. The molecule has 2 aromatic carbocycles. The Hall–Kier alpha value is -2.11. The van der Waals surface area contributed by atoms with Gasteiger partial charge in [-0.3, -0.25) is 9.59 Å². The highest BCUT2D eigenvalue weighted by molar-refractivity contribution is 6.34. The predicted molar refractivity (Wildman–Crippen MR) is 99.3 cm³/mol. The minimum Gasteiger partial charge on any atom is -0.349 e. The number of likely N-dealkylation sites (tertiary alicyclic amines) is 1. The topological polar surface area (TPSA) is 49.4 Å². The van der Waals surface area contributed by atoms with Gasteiger partial charge in [0.1, 0.15) is 5.82 Å². The number of carbonyl (C=O) groups excluding carboxylic acids is 2. The smallest absolute Gasteiger partial charge is 0.255 e. The summed E-state index contributed by atoms with van der Waals surface area (Å²) in [7, 11) is 0. The van der Waals surface area contributed by atoms with E-state index < -0.39 is 11.7 Å². The van der Waals surface area contributed by atoms with Crippen molar-refractivity contribution in [2.45, 2.75) is 18.9 Å². The first-order valence-electron chi connectivity index (χ1n) is 8.26. The summed E-state index contributed by atoms with van der Waals surface area (Å²) in [5, 5.41) is 3.30. The third-order valence-corrected chi connectivity index (χ3v) is 5.06. The number of amides is 2. The Morgan fingerprint density at radius 2 is 1.65 bits per heavy atom. The molecule has 0 atom stereocenters. The standard InChI is InChI=1S/C19H17Cl2FN2O2/c20-14-5-2-1-4-13(14)19(26)24-10-8-12(9-11-24)23-18(25)17-15(21)6-3-7-16(17)22/h1-7,12H,8-11H2,(H,23,25). The molecule has 1 fully saturated rings. The quantitative estimate of drug-likeness (QED) is 0.848. The molecule has 0 radical (unpaired) electrons. The van der Waals surface area contributed by atoms with Crippen LogP contribution in [0.3, 0.4) is 0 Å². The van der Waals surface area contributed by atoms with Gasteiger partial charge in [0.15, 0.2) is 0 Å². The van der Waals surface area contributed by atoms with Crippen molar-refractivity contribution in [3.8, 4) is 0 Å². The lowest BCUT2D eigenvalue weighted by Crippen LogP contribution is -2.46. The predicted octanol–water partition coefficient (Wildman–Crippen LogP) is 4.17. The van der Waals surface area contributed by atoms with Crippen molar-refractivity contribution in [1.82, 2.24) is 10.2 Å². The maximum atomic E-state index is 13.8. The Morgan fingerprint density at radius 3 is 2.31 bits per heavy atom. The molecule has 3 rings (SSSR count). The number of hydrogen-bond acceptors (Lipinski definition) is 2. The van der Waals surface area contributed by atoms with Crippen molar-refractivity contribution < 1.29 is 14.0 Å². The lowest BCUT2D eigenvalue weighted by atomic mass is 10.0. The van der Waals surface area contributed by atoms with E-state index in [1.807, 2.05) is 0 Å². The first-order chi connectivity index (χ1) is 12.5. The summed E-state index contributed by atoms with van der Waals surface area (Å²) >= 11 is 12.0. The van der Waals surface area contributed by atoms with Crippen LogP contribution in [0.2, 0.25) is 10.0 Å². The van der Waals surface area contributed by atoms with Gasteiger partial charge in [-0.05, 0) is 37.1 Å². The van der Waals surface area contributed by atoms with Crippen LogP contribution < -0.4 is 5.32 Å². The zero-order valence-corrected chi connectivity index (χ0v) is 15.4. The number of piperidine rings is 1. The fraction of sp³-hybridized carbons (Fsp3) is 0.263. The Morgan fingerprint density at radius 1 is 1.00 bits per heavy atom. The van der Waals surface area contributed by atoms with Crippen molar-refractivity contribution in [2.75, 3.05) is 13.1 Å². The van der Waals surface area contributed by atoms with Gasteiger partial charge < -0.3 is 10.2 Å². The number of benzene rings is 2. The van der Waals surface area contributed by atoms with Crippen LogP contribution in [0.25, 0.3) is 0 Å². The Balaban J connectivity index is 1.60. The van der Waals surface area contributed by atoms with E-state index in [1.165, 1.54) is 18.2 Å². The molecule has 0 aromatic heterocycles. The molecular formula is C19H17Cl2FN2O2. The summed E-state index contributed by atoms with van der Waals surface area (Å²) in [5.41, 5.74) is 0.318. The normalized spacial score (nSPS) is 15.0. The van der Waals surface area contributed by atoms with Gasteiger partial charge in [0.25, 0.3) is 11.8 Å². The number of nitrogens with one attached hydrogen (secondary N) is 1. The van der Waals surface area contributed by atoms with Crippen molar-refractivity contribution in [2.24, 2.45) is 0 Å². The van der Waals surface area contributed by atoms with Gasteiger partial charge in [-0.15, -0.1) is 0 Å². The third-order valence-electron chi connectivity index (χ3n) is 4.41. The van der Waals surface area contributed by atoms with Gasteiger partial charge in [-0.25, -0.2) is 4.39 Å². The second-order valence-electron chi connectivity index (χ2n) is 6.12. The van der Waals surface area contributed by atoms with Gasteiger partial charge in [0.05, 0.1) is 21.2 Å². The van der Waals surface area contributed by atoms with E-state index in [9.17, 15) is 14.0 Å². The summed E-state index contributed by atoms with van der Waals surface area (Å²) < 4.78 is 13.8. The lowest BCUT2D eigenvalue weighted by molar-refractivity contribution is 0.0698. The van der Waals surface area contributed by atoms with Crippen LogP contribution in [0, 0.1) is 5.82 Å². The number of nitrogens with zero attached hydrogens (tertiary/aromatic N) is 1. The molecule has 0 saturated carbocycles. The van der Waals surface area contributed by atoms with E-state index in [1.54, 1.807) is 29.2 Å². The monoisotopic (exact) mass is 394 g/mol. The van der Waals surface area contributed by atoms with Gasteiger partial charge in [0, 0.05) is 19.1 Å². The molecule has 1 saturated heterocycles. The van der Waals surface area contributed by atoms with E-state index in [4.69, 9.17) is 23.2 Å². The molecule has 1 aliphatic rings. The van der Waals surface area contributed by atoms with Crippen LogP contribution >= 0.6 is 23.2 Å². The summed E-state index contributed by atoms with van der Waals surface area (Å²) in [4.78, 5) is 26.6. The van der Waals surface area contributed by atoms with Crippen molar-refractivity contribution in [3.63, 3.8) is 0 Å². The van der Waals surface area contributed by atoms with Crippen LogP contribution in [0.1, 0.15) is 33.6 Å². The second kappa shape index (κ2) is 8.06. The highest BCUT2D eigenvalue weighted by Gasteiger charge is 2.27. The van der Waals surface area contributed by atoms with Crippen LogP contribution in [0.15, 0.2) is 42.5 Å². The summed E-state index contributed by atoms with van der Waals surface area (Å²) in [6, 6.07) is 10.9. The third kappa shape index (κ3) is 4.00. The summed E-state index contributed by atoms with van der Waals surface area (Å²) in [6.07, 6.45) is 1.15. The molecule has 1 heterocycles. The van der Waals surface area contributed by atoms with Crippen LogP contribution in [0.5, 0.6) is 0 Å². The molecule has 4 nitrogen and oxygen atoms in total. The van der Waals surface area contributed by atoms with Crippen molar-refractivity contribution in [1.29, 1.82) is 0 Å². The maximum Gasteiger partial charge on any atom is 0.255 e. The molecule has 0 unspecified atom stereocenters. The first kappa shape index (κ1) is 18.7. The largest absolute Gasteiger partial charge is 0.349 e. The Labute approximate surface area is 160 Å². The fourth-order valence-electron chi connectivity index (χ4n) is 3.00. The van der Waals surface area contributed by atoms with Gasteiger partial charge >= 0.3 is 0 Å². The molecule has 136 valence electrons. The molecule has 1 N–H and O–H groups in total. The molecule has 0 bridgehead atoms. The first-order valence-corrected chi connectivity index (χ1v) is 9.01. The molecule has 7 heteroatoms. The van der Waals surface area contributed by atoms with E-state index in [2.05, 4.69) is 5.32 Å². The second-order valence-corrected chi connectivity index (χ2v) is 6.93. The highest BCUT2D eigenvalue weighted by Crippen LogP contribution is 2.22. The molecule has 26 heavy (non-hydrogen) atoms. The van der Waals surface area contributed by atoms with Crippen LogP contribution in [0.4, 0.5) is 4.39 Å². The van der Waals surface area contributed by atoms with Gasteiger partial charge in [0.2, 0.25) is 0 Å². The molecule has 2 amide bonds. The highest BCUT2D eigenvalue weighted by atomic mass is 35.5. The molecule has 2 aromatic rings.